The van der Waals surface area contributed by atoms with Crippen molar-refractivity contribution in [2.75, 3.05) is 26.2 Å². The monoisotopic (exact) mass is 402 g/mol. The molecule has 0 N–H and O–H groups in total. The molecule has 0 saturated carbocycles. The number of carbonyl (C=O) groups is 1. The van der Waals surface area contributed by atoms with Crippen LogP contribution in [0.5, 0.6) is 5.75 Å². The zero-order chi connectivity index (χ0) is 19.5. The fourth-order valence-corrected chi connectivity index (χ4v) is 4.50. The Balaban J connectivity index is 1.27. The number of halogens is 2. The maximum absolute atomic E-state index is 12.5. The summed E-state index contributed by atoms with van der Waals surface area (Å²) in [6, 6.07) is 16.5. The molecule has 0 unspecified atom stereocenters. The van der Waals surface area contributed by atoms with Gasteiger partial charge in [0.05, 0.1) is 6.42 Å². The number of ether oxygens (including phenoxy) is 1. The van der Waals surface area contributed by atoms with Crippen LogP contribution in [0.4, 0.5) is 8.78 Å². The van der Waals surface area contributed by atoms with E-state index in [0.717, 1.165) is 23.5 Å². The minimum atomic E-state index is -2.81. The van der Waals surface area contributed by atoms with Crippen LogP contribution in [-0.2, 0) is 11.2 Å². The zero-order valence-electron chi connectivity index (χ0n) is 15.2. The molecule has 2 aromatic rings. The number of amides is 1. The van der Waals surface area contributed by atoms with Crippen LogP contribution in [0.25, 0.3) is 0 Å². The Morgan fingerprint density at radius 3 is 2.21 bits per heavy atom. The quantitative estimate of drug-likeness (QED) is 0.540. The Kier molecular flexibility index (Phi) is 5.64. The van der Waals surface area contributed by atoms with E-state index < -0.39 is 6.61 Å². The van der Waals surface area contributed by atoms with E-state index in [2.05, 4.69) is 9.04 Å². The summed E-state index contributed by atoms with van der Waals surface area (Å²) < 4.78 is 31.0. The molecule has 2 aliphatic rings. The number of rotatable bonds is 6. The molecule has 0 aromatic heterocycles. The predicted octanol–water partition coefficient (Wildman–Crippen LogP) is 3.99. The second-order valence-corrected chi connectivity index (χ2v) is 8.03. The summed E-state index contributed by atoms with van der Waals surface area (Å²) in [6.07, 6.45) is 0.437. The molecule has 2 aromatic carbocycles. The minimum Gasteiger partial charge on any atom is -0.435 e. The van der Waals surface area contributed by atoms with Crippen molar-refractivity contribution in [3.63, 3.8) is 0 Å². The summed E-state index contributed by atoms with van der Waals surface area (Å²) in [6.45, 7) is 0.199. The zero-order valence-corrected chi connectivity index (χ0v) is 16.0. The molecule has 4 nitrogen and oxygen atoms in total. The van der Waals surface area contributed by atoms with Gasteiger partial charge < -0.3 is 9.64 Å². The molecule has 4 rings (SSSR count). The molecule has 0 radical (unpaired) electrons. The van der Waals surface area contributed by atoms with Crippen molar-refractivity contribution >= 4 is 17.9 Å². The lowest BCUT2D eigenvalue weighted by atomic mass is 10.1. The molecular formula is C21H20F2N2O2S. The average Bonchev–Trinajstić information content (AvgIpc) is 3.22. The number of carbonyl (C=O) groups excluding carboxylic acids is 1. The molecular weight excluding hydrogens is 382 g/mol. The first kappa shape index (κ1) is 19.0. The highest BCUT2D eigenvalue weighted by atomic mass is 32.2. The van der Waals surface area contributed by atoms with Crippen molar-refractivity contribution in [2.45, 2.75) is 17.9 Å². The van der Waals surface area contributed by atoms with Crippen molar-refractivity contribution in [2.24, 2.45) is 0 Å². The summed E-state index contributed by atoms with van der Waals surface area (Å²) >= 11 is 1.59. The van der Waals surface area contributed by atoms with E-state index in [4.69, 9.17) is 0 Å². The highest BCUT2D eigenvalue weighted by Gasteiger charge is 2.32. The second kappa shape index (κ2) is 8.32. The molecule has 2 heterocycles. The molecule has 0 bridgehead atoms. The van der Waals surface area contributed by atoms with E-state index in [1.807, 2.05) is 35.2 Å². The van der Waals surface area contributed by atoms with Gasteiger partial charge in [-0.05, 0) is 52.9 Å². The maximum Gasteiger partial charge on any atom is 0.387 e. The van der Waals surface area contributed by atoms with Gasteiger partial charge in [0.25, 0.3) is 0 Å². The van der Waals surface area contributed by atoms with E-state index >= 15 is 0 Å². The summed E-state index contributed by atoms with van der Waals surface area (Å²) in [5.41, 5.74) is 3.66. The number of benzene rings is 2. The number of hydrogen-bond donors (Lipinski definition) is 0. The van der Waals surface area contributed by atoms with Gasteiger partial charge in [-0.15, -0.1) is 0 Å². The maximum atomic E-state index is 12.5. The summed E-state index contributed by atoms with van der Waals surface area (Å²) in [7, 11) is 0. The van der Waals surface area contributed by atoms with Gasteiger partial charge in [-0.1, -0.05) is 30.3 Å². The van der Waals surface area contributed by atoms with Crippen LogP contribution in [0.1, 0.15) is 5.56 Å². The third-order valence-electron chi connectivity index (χ3n) is 4.83. The first-order chi connectivity index (χ1) is 13.6. The van der Waals surface area contributed by atoms with Crippen molar-refractivity contribution < 1.29 is 18.3 Å². The van der Waals surface area contributed by atoms with Crippen LogP contribution in [0.15, 0.2) is 70.6 Å². The SMILES string of the molecule is O=C(Cc1ccccc1)N1CC2=C(CN(Sc3ccc(OC(F)F)cc3)C2)C1. The normalized spacial score (nSPS) is 16.8. The predicted molar refractivity (Wildman–Crippen MR) is 104 cm³/mol. The van der Waals surface area contributed by atoms with Gasteiger partial charge in [0.1, 0.15) is 5.75 Å². The van der Waals surface area contributed by atoms with Gasteiger partial charge in [0, 0.05) is 31.1 Å². The molecule has 0 aliphatic carbocycles. The van der Waals surface area contributed by atoms with Gasteiger partial charge in [0.2, 0.25) is 5.91 Å². The van der Waals surface area contributed by atoms with Gasteiger partial charge >= 0.3 is 6.61 Å². The lowest BCUT2D eigenvalue weighted by Crippen LogP contribution is -2.33. The van der Waals surface area contributed by atoms with Gasteiger partial charge in [-0.2, -0.15) is 8.78 Å². The average molecular weight is 402 g/mol. The van der Waals surface area contributed by atoms with Gasteiger partial charge in [-0.3, -0.25) is 4.79 Å². The Morgan fingerprint density at radius 1 is 0.964 bits per heavy atom. The first-order valence-electron chi connectivity index (χ1n) is 9.06. The Bertz CT molecular complexity index is 854. The highest BCUT2D eigenvalue weighted by molar-refractivity contribution is 7.97. The minimum absolute atomic E-state index is 0.161. The lowest BCUT2D eigenvalue weighted by molar-refractivity contribution is -0.129. The van der Waals surface area contributed by atoms with Crippen molar-refractivity contribution in [1.29, 1.82) is 0 Å². The van der Waals surface area contributed by atoms with Crippen molar-refractivity contribution in [3.8, 4) is 5.75 Å². The molecule has 146 valence electrons. The summed E-state index contributed by atoms with van der Waals surface area (Å²) in [5, 5.41) is 0. The molecule has 1 amide bonds. The van der Waals surface area contributed by atoms with Crippen molar-refractivity contribution in [3.05, 3.63) is 71.3 Å². The molecule has 7 heteroatoms. The topological polar surface area (TPSA) is 32.8 Å². The van der Waals surface area contributed by atoms with Crippen LogP contribution >= 0.6 is 11.9 Å². The second-order valence-electron chi connectivity index (χ2n) is 6.86. The Labute approximate surface area is 166 Å². The standard InChI is InChI=1S/C21H20F2N2O2S/c22-21(23)27-18-6-8-19(9-7-18)28-25-13-16-11-24(12-17(16)14-25)20(26)10-15-4-2-1-3-5-15/h1-9,21H,10-14H2. The third kappa shape index (κ3) is 4.54. The highest BCUT2D eigenvalue weighted by Crippen LogP contribution is 2.34. The molecule has 0 spiro atoms. The summed E-state index contributed by atoms with van der Waals surface area (Å²) in [5.74, 6) is 0.323. The smallest absolute Gasteiger partial charge is 0.387 e. The van der Waals surface area contributed by atoms with E-state index in [0.29, 0.717) is 19.5 Å². The van der Waals surface area contributed by atoms with Gasteiger partial charge in [0.15, 0.2) is 0 Å². The number of hydrogen-bond acceptors (Lipinski definition) is 4. The number of nitrogens with zero attached hydrogens (tertiary/aromatic N) is 2. The first-order valence-corrected chi connectivity index (χ1v) is 9.83. The third-order valence-corrected chi connectivity index (χ3v) is 5.83. The van der Waals surface area contributed by atoms with Crippen LogP contribution < -0.4 is 4.74 Å². The van der Waals surface area contributed by atoms with Crippen LogP contribution in [0, 0.1) is 0 Å². The molecule has 28 heavy (non-hydrogen) atoms. The molecule has 0 saturated heterocycles. The summed E-state index contributed by atoms with van der Waals surface area (Å²) in [4.78, 5) is 15.4. The van der Waals surface area contributed by atoms with Crippen molar-refractivity contribution in [1.82, 2.24) is 9.21 Å². The largest absolute Gasteiger partial charge is 0.435 e. The number of alkyl halides is 2. The van der Waals surface area contributed by atoms with Gasteiger partial charge in [-0.25, -0.2) is 4.31 Å². The lowest BCUT2D eigenvalue weighted by Gasteiger charge is -2.22. The van der Waals surface area contributed by atoms with E-state index in [1.165, 1.54) is 11.1 Å². The van der Waals surface area contributed by atoms with Crippen LogP contribution in [-0.4, -0.2) is 47.9 Å². The van der Waals surface area contributed by atoms with Crippen LogP contribution in [0.2, 0.25) is 0 Å². The molecule has 0 atom stereocenters. The van der Waals surface area contributed by atoms with Crippen LogP contribution in [0.3, 0.4) is 0 Å². The van der Waals surface area contributed by atoms with E-state index in [1.54, 1.807) is 36.2 Å². The molecule has 2 aliphatic heterocycles. The van der Waals surface area contributed by atoms with E-state index in [9.17, 15) is 13.6 Å². The molecule has 0 fully saturated rings. The Morgan fingerprint density at radius 2 is 1.61 bits per heavy atom. The van der Waals surface area contributed by atoms with E-state index in [-0.39, 0.29) is 11.7 Å². The Hall–Kier alpha value is -2.38. The fraction of sp³-hybridized carbons (Fsp3) is 0.286. The fourth-order valence-electron chi connectivity index (χ4n) is 3.50.